The number of anilines is 1. The van der Waals surface area contributed by atoms with E-state index >= 15 is 0 Å². The summed E-state index contributed by atoms with van der Waals surface area (Å²) >= 11 is 0. The first kappa shape index (κ1) is 23.3. The first-order chi connectivity index (χ1) is 17.1. The van der Waals surface area contributed by atoms with Crippen molar-refractivity contribution in [1.29, 1.82) is 0 Å². The Labute approximate surface area is 207 Å². The standard InChI is InChI=1S/C29H33N3O3/c1-21(16-26(33)17-24-18-30-13-14-31-24)23-4-8-28(9-5-23)35-29-12-15-32(19-29)25-6-10-27(11-7-25)34-20-22-2-3-22/h4-11,13-14,18,21-22,29H,2-3,12,15-17,19-20H2,1H3/t21-,29-/m1/s1. The molecule has 2 aromatic carbocycles. The highest BCUT2D eigenvalue weighted by Gasteiger charge is 2.25. The maximum atomic E-state index is 12.4. The van der Waals surface area contributed by atoms with Gasteiger partial charge in [0, 0.05) is 43.7 Å². The van der Waals surface area contributed by atoms with Gasteiger partial charge in [0.15, 0.2) is 0 Å². The smallest absolute Gasteiger partial charge is 0.139 e. The molecule has 0 amide bonds. The van der Waals surface area contributed by atoms with Crippen molar-refractivity contribution in [1.82, 2.24) is 9.97 Å². The maximum Gasteiger partial charge on any atom is 0.139 e. The van der Waals surface area contributed by atoms with Crippen LogP contribution in [0.4, 0.5) is 5.69 Å². The summed E-state index contributed by atoms with van der Waals surface area (Å²) in [6.45, 7) is 4.78. The van der Waals surface area contributed by atoms with Gasteiger partial charge in [0.1, 0.15) is 23.4 Å². The van der Waals surface area contributed by atoms with Crippen LogP contribution in [0.15, 0.2) is 67.1 Å². The van der Waals surface area contributed by atoms with Crippen LogP contribution >= 0.6 is 0 Å². The SMILES string of the molecule is C[C@H](CC(=O)Cc1cnccn1)c1ccc(O[C@@H]2CCN(c3ccc(OCC4CC4)cc3)C2)cc1. The Bertz CT molecular complexity index is 1100. The van der Waals surface area contributed by atoms with E-state index in [1.54, 1.807) is 18.6 Å². The summed E-state index contributed by atoms with van der Waals surface area (Å²) in [5.41, 5.74) is 3.07. The van der Waals surface area contributed by atoms with E-state index in [9.17, 15) is 4.79 Å². The quantitative estimate of drug-likeness (QED) is 0.382. The molecule has 182 valence electrons. The third-order valence-electron chi connectivity index (χ3n) is 6.81. The number of nitrogens with zero attached hydrogens (tertiary/aromatic N) is 3. The molecular weight excluding hydrogens is 438 g/mol. The molecule has 3 aromatic rings. The molecule has 1 aromatic heterocycles. The number of Topliss-reactive ketones (excluding diaryl/α,β-unsaturated/α-hetero) is 1. The van der Waals surface area contributed by atoms with E-state index in [-0.39, 0.29) is 17.8 Å². The highest BCUT2D eigenvalue weighted by Crippen LogP contribution is 2.31. The lowest BCUT2D eigenvalue weighted by Gasteiger charge is -2.20. The fraction of sp³-hybridized carbons (Fsp3) is 0.414. The van der Waals surface area contributed by atoms with Gasteiger partial charge in [-0.1, -0.05) is 19.1 Å². The zero-order valence-electron chi connectivity index (χ0n) is 20.3. The summed E-state index contributed by atoms with van der Waals surface area (Å²) in [6.07, 6.45) is 9.47. The maximum absolute atomic E-state index is 12.4. The van der Waals surface area contributed by atoms with Crippen LogP contribution in [0.2, 0.25) is 0 Å². The van der Waals surface area contributed by atoms with Crippen molar-refractivity contribution in [3.63, 3.8) is 0 Å². The molecule has 2 fully saturated rings. The normalized spacial score (nSPS) is 18.3. The first-order valence-electron chi connectivity index (χ1n) is 12.6. The number of carbonyl (C=O) groups excluding carboxylic acids is 1. The summed E-state index contributed by atoms with van der Waals surface area (Å²) < 4.78 is 12.1. The minimum atomic E-state index is 0.145. The molecule has 2 heterocycles. The molecule has 1 saturated carbocycles. The van der Waals surface area contributed by atoms with Gasteiger partial charge in [-0.05, 0) is 66.6 Å². The van der Waals surface area contributed by atoms with Crippen LogP contribution in [0, 0.1) is 5.92 Å². The van der Waals surface area contributed by atoms with Crippen LogP contribution in [-0.2, 0) is 11.2 Å². The molecule has 1 aliphatic heterocycles. The van der Waals surface area contributed by atoms with E-state index in [1.165, 1.54) is 18.5 Å². The number of aromatic nitrogens is 2. The van der Waals surface area contributed by atoms with Crippen molar-refractivity contribution in [2.24, 2.45) is 5.92 Å². The number of benzene rings is 2. The van der Waals surface area contributed by atoms with Gasteiger partial charge in [0.2, 0.25) is 0 Å². The van der Waals surface area contributed by atoms with Gasteiger partial charge in [-0.15, -0.1) is 0 Å². The molecular formula is C29H33N3O3. The van der Waals surface area contributed by atoms with Gasteiger partial charge in [-0.3, -0.25) is 14.8 Å². The minimum Gasteiger partial charge on any atom is -0.493 e. The first-order valence-corrected chi connectivity index (χ1v) is 12.6. The van der Waals surface area contributed by atoms with Crippen molar-refractivity contribution in [3.8, 4) is 11.5 Å². The van der Waals surface area contributed by atoms with Crippen molar-refractivity contribution in [2.45, 2.75) is 51.0 Å². The summed E-state index contributed by atoms with van der Waals surface area (Å²) in [5, 5.41) is 0. The molecule has 0 unspecified atom stereocenters. The Morgan fingerprint density at radius 3 is 2.51 bits per heavy atom. The lowest BCUT2D eigenvalue weighted by molar-refractivity contribution is -0.118. The average Bonchev–Trinajstić information content (AvgIpc) is 3.60. The van der Waals surface area contributed by atoms with E-state index < -0.39 is 0 Å². The van der Waals surface area contributed by atoms with Gasteiger partial charge in [0.25, 0.3) is 0 Å². The molecule has 35 heavy (non-hydrogen) atoms. The fourth-order valence-electron chi connectivity index (χ4n) is 4.53. The van der Waals surface area contributed by atoms with E-state index in [2.05, 4.69) is 58.2 Å². The highest BCUT2D eigenvalue weighted by atomic mass is 16.5. The predicted molar refractivity (Wildman–Crippen MR) is 136 cm³/mol. The average molecular weight is 472 g/mol. The number of rotatable bonds is 11. The Balaban J connectivity index is 1.08. The lowest BCUT2D eigenvalue weighted by atomic mass is 9.94. The third kappa shape index (κ3) is 6.59. The Kier molecular flexibility index (Phi) is 7.26. The second-order valence-electron chi connectivity index (χ2n) is 9.81. The van der Waals surface area contributed by atoms with Crippen LogP contribution < -0.4 is 14.4 Å². The number of hydrogen-bond acceptors (Lipinski definition) is 6. The Morgan fingerprint density at radius 2 is 1.80 bits per heavy atom. The number of carbonyl (C=O) groups is 1. The van der Waals surface area contributed by atoms with E-state index in [0.29, 0.717) is 12.8 Å². The number of ketones is 1. The summed E-state index contributed by atoms with van der Waals surface area (Å²) in [6, 6.07) is 16.6. The van der Waals surface area contributed by atoms with Gasteiger partial charge in [0.05, 0.1) is 25.3 Å². The molecule has 0 radical (unpaired) electrons. The molecule has 1 aliphatic carbocycles. The summed E-state index contributed by atoms with van der Waals surface area (Å²) in [7, 11) is 0. The van der Waals surface area contributed by atoms with Gasteiger partial charge >= 0.3 is 0 Å². The molecule has 5 rings (SSSR count). The second kappa shape index (κ2) is 10.9. The fourth-order valence-corrected chi connectivity index (χ4v) is 4.53. The van der Waals surface area contributed by atoms with Gasteiger partial charge < -0.3 is 14.4 Å². The van der Waals surface area contributed by atoms with Crippen LogP contribution in [-0.4, -0.2) is 41.6 Å². The molecule has 1 saturated heterocycles. The molecule has 6 nitrogen and oxygen atoms in total. The molecule has 2 atom stereocenters. The third-order valence-corrected chi connectivity index (χ3v) is 6.81. The molecule has 0 spiro atoms. The van der Waals surface area contributed by atoms with Crippen molar-refractivity contribution >= 4 is 11.5 Å². The molecule has 2 aliphatic rings. The highest BCUT2D eigenvalue weighted by molar-refractivity contribution is 5.81. The van der Waals surface area contributed by atoms with Crippen LogP contribution in [0.25, 0.3) is 0 Å². The van der Waals surface area contributed by atoms with Crippen molar-refractivity contribution in [2.75, 3.05) is 24.6 Å². The number of hydrogen-bond donors (Lipinski definition) is 0. The van der Waals surface area contributed by atoms with Crippen molar-refractivity contribution < 1.29 is 14.3 Å². The van der Waals surface area contributed by atoms with E-state index in [1.807, 2.05) is 12.1 Å². The second-order valence-corrected chi connectivity index (χ2v) is 9.81. The largest absolute Gasteiger partial charge is 0.493 e. The summed E-state index contributed by atoms with van der Waals surface area (Å²) in [5.74, 6) is 2.92. The van der Waals surface area contributed by atoms with Crippen molar-refractivity contribution in [3.05, 3.63) is 78.4 Å². The predicted octanol–water partition coefficient (Wildman–Crippen LogP) is 5.23. The van der Waals surface area contributed by atoms with Gasteiger partial charge in [-0.25, -0.2) is 0 Å². The minimum absolute atomic E-state index is 0.145. The molecule has 0 N–H and O–H groups in total. The van der Waals surface area contributed by atoms with Gasteiger partial charge in [-0.2, -0.15) is 0 Å². The topological polar surface area (TPSA) is 64.5 Å². The summed E-state index contributed by atoms with van der Waals surface area (Å²) in [4.78, 5) is 23.0. The van der Waals surface area contributed by atoms with Crippen LogP contribution in [0.5, 0.6) is 11.5 Å². The number of ether oxygens (including phenoxy) is 2. The Morgan fingerprint density at radius 1 is 1.03 bits per heavy atom. The zero-order chi connectivity index (χ0) is 24.0. The van der Waals surface area contributed by atoms with E-state index in [0.717, 1.165) is 54.8 Å². The molecule has 0 bridgehead atoms. The molecule has 6 heteroatoms. The van der Waals surface area contributed by atoms with Crippen LogP contribution in [0.1, 0.15) is 49.8 Å². The monoisotopic (exact) mass is 471 g/mol. The van der Waals surface area contributed by atoms with E-state index in [4.69, 9.17) is 9.47 Å². The van der Waals surface area contributed by atoms with Crippen LogP contribution in [0.3, 0.4) is 0 Å². The zero-order valence-corrected chi connectivity index (χ0v) is 20.3. The lowest BCUT2D eigenvalue weighted by Crippen LogP contribution is -2.24. The Hall–Kier alpha value is -3.41.